The maximum absolute atomic E-state index is 11.3. The molecule has 2 rings (SSSR count). The average molecular weight is 256 g/mol. The third-order valence-electron chi connectivity index (χ3n) is 2.78. The molecule has 0 bridgehead atoms. The van der Waals surface area contributed by atoms with E-state index in [2.05, 4.69) is 20.6 Å². The predicted octanol–water partition coefficient (Wildman–Crippen LogP) is 0.365. The van der Waals surface area contributed by atoms with Crippen LogP contribution in [-0.4, -0.2) is 43.5 Å². The SMILES string of the molecule is CNc1nccc(NCC2CCS(=O)(=O)C2)n1. The molecule has 1 saturated heterocycles. The van der Waals surface area contributed by atoms with Gasteiger partial charge in [-0.05, 0) is 18.4 Å². The maximum atomic E-state index is 11.3. The lowest BCUT2D eigenvalue weighted by molar-refractivity contribution is 0.595. The van der Waals surface area contributed by atoms with Crippen LogP contribution in [0.2, 0.25) is 0 Å². The Morgan fingerprint density at radius 1 is 1.53 bits per heavy atom. The van der Waals surface area contributed by atoms with E-state index in [1.165, 1.54) is 0 Å². The highest BCUT2D eigenvalue weighted by Crippen LogP contribution is 2.18. The van der Waals surface area contributed by atoms with Crippen molar-refractivity contribution in [1.29, 1.82) is 0 Å². The Balaban J connectivity index is 1.90. The molecule has 0 radical (unpaired) electrons. The Bertz CT molecular complexity index is 489. The molecule has 0 aromatic carbocycles. The molecule has 2 N–H and O–H groups in total. The molecule has 0 aliphatic carbocycles. The van der Waals surface area contributed by atoms with Crippen LogP contribution in [-0.2, 0) is 9.84 Å². The molecule has 0 spiro atoms. The Hall–Kier alpha value is -1.37. The van der Waals surface area contributed by atoms with Crippen molar-refractivity contribution in [2.75, 3.05) is 35.7 Å². The Morgan fingerprint density at radius 3 is 3.00 bits per heavy atom. The van der Waals surface area contributed by atoms with Gasteiger partial charge in [-0.15, -0.1) is 0 Å². The van der Waals surface area contributed by atoms with E-state index in [4.69, 9.17) is 0 Å². The monoisotopic (exact) mass is 256 g/mol. The minimum Gasteiger partial charge on any atom is -0.370 e. The summed E-state index contributed by atoms with van der Waals surface area (Å²) >= 11 is 0. The van der Waals surface area contributed by atoms with E-state index in [-0.39, 0.29) is 11.7 Å². The largest absolute Gasteiger partial charge is 0.370 e. The van der Waals surface area contributed by atoms with E-state index >= 15 is 0 Å². The Kier molecular flexibility index (Phi) is 3.46. The molecule has 1 aliphatic rings. The lowest BCUT2D eigenvalue weighted by Gasteiger charge is -2.10. The molecule has 1 aromatic rings. The van der Waals surface area contributed by atoms with Gasteiger partial charge in [0.15, 0.2) is 9.84 Å². The summed E-state index contributed by atoms with van der Waals surface area (Å²) in [4.78, 5) is 8.21. The van der Waals surface area contributed by atoms with Gasteiger partial charge in [0.05, 0.1) is 11.5 Å². The molecule has 0 saturated carbocycles. The highest BCUT2D eigenvalue weighted by Gasteiger charge is 2.27. The Morgan fingerprint density at radius 2 is 2.35 bits per heavy atom. The third-order valence-corrected chi connectivity index (χ3v) is 4.61. The van der Waals surface area contributed by atoms with Gasteiger partial charge in [0.2, 0.25) is 5.95 Å². The number of sulfone groups is 1. The second kappa shape index (κ2) is 4.87. The van der Waals surface area contributed by atoms with Gasteiger partial charge in [-0.2, -0.15) is 4.98 Å². The van der Waals surface area contributed by atoms with Crippen LogP contribution in [0.5, 0.6) is 0 Å². The van der Waals surface area contributed by atoms with Crippen LogP contribution in [0.25, 0.3) is 0 Å². The van der Waals surface area contributed by atoms with Gasteiger partial charge < -0.3 is 10.6 Å². The topological polar surface area (TPSA) is 84.0 Å². The maximum Gasteiger partial charge on any atom is 0.224 e. The van der Waals surface area contributed by atoms with Crippen LogP contribution in [0.1, 0.15) is 6.42 Å². The van der Waals surface area contributed by atoms with Crippen molar-refractivity contribution >= 4 is 21.6 Å². The van der Waals surface area contributed by atoms with E-state index in [0.717, 1.165) is 6.42 Å². The summed E-state index contributed by atoms with van der Waals surface area (Å²) in [6, 6.07) is 1.77. The van der Waals surface area contributed by atoms with E-state index < -0.39 is 9.84 Å². The molecule has 1 fully saturated rings. The summed E-state index contributed by atoms with van der Waals surface area (Å²) in [6.45, 7) is 0.638. The number of anilines is 2. The van der Waals surface area contributed by atoms with Gasteiger partial charge in [0, 0.05) is 19.8 Å². The number of nitrogens with one attached hydrogen (secondary N) is 2. The molecule has 6 nitrogen and oxygen atoms in total. The summed E-state index contributed by atoms with van der Waals surface area (Å²) in [7, 11) is -1.05. The summed E-state index contributed by atoms with van der Waals surface area (Å²) < 4.78 is 22.6. The summed E-state index contributed by atoms with van der Waals surface area (Å²) in [5.41, 5.74) is 0. The van der Waals surface area contributed by atoms with Crippen molar-refractivity contribution in [2.45, 2.75) is 6.42 Å². The third kappa shape index (κ3) is 3.29. The van der Waals surface area contributed by atoms with Gasteiger partial charge in [-0.1, -0.05) is 0 Å². The molecule has 94 valence electrons. The highest BCUT2D eigenvalue weighted by molar-refractivity contribution is 7.91. The van der Waals surface area contributed by atoms with Crippen LogP contribution in [0, 0.1) is 5.92 Å². The van der Waals surface area contributed by atoms with Gasteiger partial charge in [-0.3, -0.25) is 0 Å². The fourth-order valence-corrected chi connectivity index (χ4v) is 3.72. The van der Waals surface area contributed by atoms with E-state index in [0.29, 0.717) is 24.1 Å². The van der Waals surface area contributed by atoms with Crippen molar-refractivity contribution in [3.05, 3.63) is 12.3 Å². The van der Waals surface area contributed by atoms with Crippen molar-refractivity contribution < 1.29 is 8.42 Å². The Labute approximate surface area is 101 Å². The highest BCUT2D eigenvalue weighted by atomic mass is 32.2. The number of hydrogen-bond donors (Lipinski definition) is 2. The van der Waals surface area contributed by atoms with Crippen LogP contribution in [0.3, 0.4) is 0 Å². The minimum absolute atomic E-state index is 0.188. The number of rotatable bonds is 4. The standard InChI is InChI=1S/C10H16N4O2S/c1-11-10-12-4-2-9(14-10)13-6-8-3-5-17(15,16)7-8/h2,4,8H,3,5-7H2,1H3,(H2,11,12,13,14). The van der Waals surface area contributed by atoms with Crippen molar-refractivity contribution in [2.24, 2.45) is 5.92 Å². The average Bonchev–Trinajstić information content (AvgIpc) is 2.67. The van der Waals surface area contributed by atoms with E-state index in [1.54, 1.807) is 19.3 Å². The quantitative estimate of drug-likeness (QED) is 0.809. The van der Waals surface area contributed by atoms with Gasteiger partial charge >= 0.3 is 0 Å². The molecular formula is C10H16N4O2S. The first-order valence-corrected chi connectivity index (χ1v) is 7.36. The lowest BCUT2D eigenvalue weighted by atomic mass is 10.1. The summed E-state index contributed by atoms with van der Waals surface area (Å²) in [5.74, 6) is 2.05. The fourth-order valence-electron chi connectivity index (χ4n) is 1.86. The molecule has 17 heavy (non-hydrogen) atoms. The fraction of sp³-hybridized carbons (Fsp3) is 0.600. The second-order valence-corrected chi connectivity index (χ2v) is 6.39. The van der Waals surface area contributed by atoms with Crippen molar-refractivity contribution in [3.63, 3.8) is 0 Å². The van der Waals surface area contributed by atoms with Crippen LogP contribution >= 0.6 is 0 Å². The lowest BCUT2D eigenvalue weighted by Crippen LogP contribution is -2.16. The van der Waals surface area contributed by atoms with Gasteiger partial charge in [-0.25, -0.2) is 13.4 Å². The van der Waals surface area contributed by atoms with E-state index in [9.17, 15) is 8.42 Å². The number of hydrogen-bond acceptors (Lipinski definition) is 6. The summed E-state index contributed by atoms with van der Waals surface area (Å²) in [5, 5.41) is 5.99. The predicted molar refractivity (Wildman–Crippen MR) is 66.8 cm³/mol. The first-order chi connectivity index (χ1) is 8.09. The normalized spacial score (nSPS) is 22.3. The molecular weight excluding hydrogens is 240 g/mol. The number of aromatic nitrogens is 2. The molecule has 0 amide bonds. The summed E-state index contributed by atoms with van der Waals surface area (Å²) in [6.07, 6.45) is 2.39. The zero-order chi connectivity index (χ0) is 12.3. The van der Waals surface area contributed by atoms with Crippen LogP contribution < -0.4 is 10.6 Å². The number of nitrogens with zero attached hydrogens (tertiary/aromatic N) is 2. The van der Waals surface area contributed by atoms with Crippen molar-refractivity contribution in [1.82, 2.24) is 9.97 Å². The van der Waals surface area contributed by atoms with Crippen molar-refractivity contribution in [3.8, 4) is 0 Å². The zero-order valence-corrected chi connectivity index (χ0v) is 10.5. The smallest absolute Gasteiger partial charge is 0.224 e. The van der Waals surface area contributed by atoms with Gasteiger partial charge in [0.1, 0.15) is 5.82 Å². The van der Waals surface area contributed by atoms with E-state index in [1.807, 2.05) is 0 Å². The van der Waals surface area contributed by atoms with Gasteiger partial charge in [0.25, 0.3) is 0 Å². The first kappa shape index (κ1) is 12.1. The molecule has 1 unspecified atom stereocenters. The van der Waals surface area contributed by atoms with Crippen LogP contribution in [0.4, 0.5) is 11.8 Å². The second-order valence-electron chi connectivity index (χ2n) is 4.17. The molecule has 7 heteroatoms. The molecule has 1 aromatic heterocycles. The van der Waals surface area contributed by atoms with Crippen LogP contribution in [0.15, 0.2) is 12.3 Å². The molecule has 2 heterocycles. The first-order valence-electron chi connectivity index (χ1n) is 5.54. The molecule has 1 atom stereocenters. The molecule has 1 aliphatic heterocycles. The minimum atomic E-state index is -2.80. The zero-order valence-electron chi connectivity index (χ0n) is 9.68.